The largest absolute Gasteiger partial charge is 0.348 e. The minimum Gasteiger partial charge on any atom is -0.348 e. The molecule has 27 heavy (non-hydrogen) atoms. The fraction of sp³-hybridized carbons (Fsp3) is 0.211. The van der Waals surface area contributed by atoms with Gasteiger partial charge >= 0.3 is 0 Å². The van der Waals surface area contributed by atoms with Crippen molar-refractivity contribution in [1.29, 1.82) is 0 Å². The number of hydrogen-bond donors (Lipinski definition) is 1. The lowest BCUT2D eigenvalue weighted by Crippen LogP contribution is -2.42. The van der Waals surface area contributed by atoms with Crippen molar-refractivity contribution < 1.29 is 4.79 Å². The number of aryl methyl sites for hydroxylation is 1. The van der Waals surface area contributed by atoms with Gasteiger partial charge in [0.25, 0.3) is 5.91 Å². The highest BCUT2D eigenvalue weighted by Gasteiger charge is 2.36. The van der Waals surface area contributed by atoms with Crippen LogP contribution in [0.2, 0.25) is 0 Å². The summed E-state index contributed by atoms with van der Waals surface area (Å²) in [6.07, 6.45) is 5.62. The molecular formula is C19H17N7O. The molecule has 4 heterocycles. The topological polar surface area (TPSA) is 92.6 Å². The SMILES string of the molecule is Cn1ncnc1C(=O)N1CCc2[nH]cnc2[C@H]1c1cc2ccccc2cn1. The monoisotopic (exact) mass is 359 g/mol. The third kappa shape index (κ3) is 2.49. The summed E-state index contributed by atoms with van der Waals surface area (Å²) >= 11 is 0. The van der Waals surface area contributed by atoms with Gasteiger partial charge in [0, 0.05) is 37.3 Å². The maximum Gasteiger partial charge on any atom is 0.292 e. The highest BCUT2D eigenvalue weighted by molar-refractivity contribution is 5.91. The molecule has 3 aromatic heterocycles. The number of fused-ring (bicyclic) bond motifs is 2. The zero-order valence-electron chi connectivity index (χ0n) is 14.7. The summed E-state index contributed by atoms with van der Waals surface area (Å²) in [5.74, 6) is 0.128. The summed E-state index contributed by atoms with van der Waals surface area (Å²) < 4.78 is 1.49. The minimum absolute atomic E-state index is 0.177. The van der Waals surface area contributed by atoms with Crippen LogP contribution >= 0.6 is 0 Å². The molecule has 1 aliphatic heterocycles. The maximum atomic E-state index is 13.2. The van der Waals surface area contributed by atoms with Crippen molar-refractivity contribution in [3.05, 3.63) is 72.1 Å². The molecule has 4 aromatic rings. The zero-order chi connectivity index (χ0) is 18.4. The van der Waals surface area contributed by atoms with E-state index in [-0.39, 0.29) is 11.9 Å². The Balaban J connectivity index is 1.64. The number of amides is 1. The molecule has 0 bridgehead atoms. The van der Waals surface area contributed by atoms with Gasteiger partial charge in [-0.1, -0.05) is 24.3 Å². The number of hydrogen-bond acceptors (Lipinski definition) is 5. The summed E-state index contributed by atoms with van der Waals surface area (Å²) in [4.78, 5) is 31.4. The maximum absolute atomic E-state index is 13.2. The van der Waals surface area contributed by atoms with E-state index in [2.05, 4.69) is 25.0 Å². The van der Waals surface area contributed by atoms with Gasteiger partial charge in [0.1, 0.15) is 12.4 Å². The van der Waals surface area contributed by atoms with Gasteiger partial charge in [-0.2, -0.15) is 5.10 Å². The average molecular weight is 359 g/mol. The number of benzene rings is 1. The number of H-pyrrole nitrogens is 1. The van der Waals surface area contributed by atoms with Gasteiger partial charge in [0.2, 0.25) is 5.82 Å². The Labute approximate surface area is 154 Å². The molecule has 0 fully saturated rings. The molecule has 0 unspecified atom stereocenters. The Morgan fingerprint density at radius 2 is 2.04 bits per heavy atom. The van der Waals surface area contributed by atoms with Gasteiger partial charge in [-0.3, -0.25) is 9.78 Å². The van der Waals surface area contributed by atoms with E-state index >= 15 is 0 Å². The van der Waals surface area contributed by atoms with Crippen LogP contribution in [-0.2, 0) is 13.5 Å². The normalized spacial score (nSPS) is 16.5. The summed E-state index contributed by atoms with van der Waals surface area (Å²) in [7, 11) is 1.72. The fourth-order valence-electron chi connectivity index (χ4n) is 3.66. The van der Waals surface area contributed by atoms with E-state index < -0.39 is 0 Å². The van der Waals surface area contributed by atoms with Gasteiger partial charge in [-0.05, 0) is 11.5 Å². The number of pyridine rings is 1. The molecular weight excluding hydrogens is 342 g/mol. The van der Waals surface area contributed by atoms with Gasteiger partial charge in [-0.25, -0.2) is 14.6 Å². The van der Waals surface area contributed by atoms with Gasteiger partial charge < -0.3 is 9.88 Å². The summed E-state index contributed by atoms with van der Waals surface area (Å²) in [6, 6.07) is 9.71. The lowest BCUT2D eigenvalue weighted by Gasteiger charge is -2.34. The van der Waals surface area contributed by atoms with E-state index in [9.17, 15) is 4.79 Å². The van der Waals surface area contributed by atoms with Gasteiger partial charge in [0.15, 0.2) is 0 Å². The number of carbonyl (C=O) groups is 1. The van der Waals surface area contributed by atoms with Crippen LogP contribution in [0.25, 0.3) is 10.8 Å². The van der Waals surface area contributed by atoms with Crippen LogP contribution < -0.4 is 0 Å². The van der Waals surface area contributed by atoms with Crippen LogP contribution in [0.3, 0.4) is 0 Å². The molecule has 1 atom stereocenters. The van der Waals surface area contributed by atoms with Crippen molar-refractivity contribution in [3.8, 4) is 0 Å². The molecule has 0 spiro atoms. The van der Waals surface area contributed by atoms with E-state index in [4.69, 9.17) is 0 Å². The molecule has 1 N–H and O–H groups in total. The first kappa shape index (κ1) is 15.7. The summed E-state index contributed by atoms with van der Waals surface area (Å²) in [5, 5.41) is 6.17. The smallest absolute Gasteiger partial charge is 0.292 e. The van der Waals surface area contributed by atoms with E-state index in [1.165, 1.54) is 11.0 Å². The van der Waals surface area contributed by atoms with Crippen LogP contribution in [0.4, 0.5) is 0 Å². The molecule has 0 saturated heterocycles. The number of carbonyl (C=O) groups excluding carboxylic acids is 1. The predicted molar refractivity (Wildman–Crippen MR) is 97.9 cm³/mol. The molecule has 0 radical (unpaired) electrons. The number of aromatic amines is 1. The highest BCUT2D eigenvalue weighted by atomic mass is 16.2. The molecule has 8 heteroatoms. The molecule has 134 valence electrons. The first-order chi connectivity index (χ1) is 13.2. The lowest BCUT2D eigenvalue weighted by molar-refractivity contribution is 0.0669. The molecule has 1 aliphatic rings. The van der Waals surface area contributed by atoms with Gasteiger partial charge in [-0.15, -0.1) is 0 Å². The van der Waals surface area contributed by atoms with E-state index in [0.29, 0.717) is 18.8 Å². The van der Waals surface area contributed by atoms with Crippen molar-refractivity contribution in [1.82, 2.24) is 34.6 Å². The second kappa shape index (κ2) is 6.01. The molecule has 1 amide bonds. The number of nitrogens with one attached hydrogen (secondary N) is 1. The second-order valence-electron chi connectivity index (χ2n) is 6.58. The van der Waals surface area contributed by atoms with Gasteiger partial charge in [0.05, 0.1) is 17.7 Å². The Bertz CT molecular complexity index is 1150. The van der Waals surface area contributed by atoms with Crippen molar-refractivity contribution in [2.24, 2.45) is 7.05 Å². The molecule has 0 saturated carbocycles. The third-order valence-electron chi connectivity index (χ3n) is 5.02. The van der Waals surface area contributed by atoms with Crippen LogP contribution in [0, 0.1) is 0 Å². The first-order valence-corrected chi connectivity index (χ1v) is 8.74. The Kier molecular flexibility index (Phi) is 3.49. The predicted octanol–water partition coefficient (Wildman–Crippen LogP) is 1.87. The Morgan fingerprint density at radius 1 is 1.19 bits per heavy atom. The first-order valence-electron chi connectivity index (χ1n) is 8.74. The second-order valence-corrected chi connectivity index (χ2v) is 6.58. The van der Waals surface area contributed by atoms with Crippen molar-refractivity contribution in [2.45, 2.75) is 12.5 Å². The molecule has 0 aliphatic carbocycles. The van der Waals surface area contributed by atoms with Crippen LogP contribution in [-0.4, -0.2) is 47.1 Å². The number of nitrogens with zero attached hydrogens (tertiary/aromatic N) is 6. The molecule has 1 aromatic carbocycles. The van der Waals surface area contributed by atoms with E-state index in [1.807, 2.05) is 36.5 Å². The van der Waals surface area contributed by atoms with E-state index in [1.54, 1.807) is 18.3 Å². The molecule has 8 nitrogen and oxygen atoms in total. The Morgan fingerprint density at radius 3 is 2.85 bits per heavy atom. The van der Waals surface area contributed by atoms with Crippen molar-refractivity contribution in [2.75, 3.05) is 6.54 Å². The number of rotatable bonds is 2. The zero-order valence-corrected chi connectivity index (χ0v) is 14.7. The number of imidazole rings is 1. The Hall–Kier alpha value is -3.55. The fourth-order valence-corrected chi connectivity index (χ4v) is 3.66. The minimum atomic E-state index is -0.367. The third-order valence-corrected chi connectivity index (χ3v) is 5.02. The van der Waals surface area contributed by atoms with Crippen molar-refractivity contribution >= 4 is 16.7 Å². The molecule has 5 rings (SSSR count). The van der Waals surface area contributed by atoms with Crippen LogP contribution in [0.5, 0.6) is 0 Å². The standard InChI is InChI=1S/C19H17N7O/c1-25-18(23-11-24-25)19(27)26-7-6-14-16(22-10-21-14)17(26)15-8-12-4-2-3-5-13(12)9-20-15/h2-5,8-11,17H,6-7H2,1H3,(H,21,22)/t17-/m1/s1. The average Bonchev–Trinajstić information content (AvgIpc) is 3.35. The van der Waals surface area contributed by atoms with Crippen LogP contribution in [0.15, 0.2) is 49.2 Å². The highest BCUT2D eigenvalue weighted by Crippen LogP contribution is 2.34. The summed E-state index contributed by atoms with van der Waals surface area (Å²) in [6.45, 7) is 0.556. The number of aromatic nitrogens is 6. The van der Waals surface area contributed by atoms with Crippen LogP contribution in [0.1, 0.15) is 33.7 Å². The van der Waals surface area contributed by atoms with E-state index in [0.717, 1.165) is 27.9 Å². The lowest BCUT2D eigenvalue weighted by atomic mass is 9.98. The quantitative estimate of drug-likeness (QED) is 0.590. The summed E-state index contributed by atoms with van der Waals surface area (Å²) in [5.41, 5.74) is 2.66. The van der Waals surface area contributed by atoms with Crippen molar-refractivity contribution in [3.63, 3.8) is 0 Å².